The van der Waals surface area contributed by atoms with Crippen LogP contribution in [0.4, 0.5) is 0 Å². The predicted molar refractivity (Wildman–Crippen MR) is 131 cm³/mol. The number of nitrogens with zero attached hydrogens (tertiary/aromatic N) is 3. The number of aryl methyl sites for hydroxylation is 1. The van der Waals surface area contributed by atoms with Crippen molar-refractivity contribution in [2.24, 2.45) is 5.10 Å². The first-order valence-corrected chi connectivity index (χ1v) is 11.1. The summed E-state index contributed by atoms with van der Waals surface area (Å²) < 4.78 is 5.31. The molecule has 164 valence electrons. The number of hydrazone groups is 1. The first-order chi connectivity index (χ1) is 16.0. The molecule has 5 rings (SSSR count). The average Bonchev–Trinajstić information content (AvgIpc) is 3.28. The van der Waals surface area contributed by atoms with Crippen molar-refractivity contribution in [3.05, 3.63) is 106 Å². The van der Waals surface area contributed by atoms with Crippen LogP contribution in [0.2, 0.25) is 5.15 Å². The van der Waals surface area contributed by atoms with Gasteiger partial charge in [0.1, 0.15) is 10.9 Å². The van der Waals surface area contributed by atoms with E-state index in [1.165, 1.54) is 0 Å². The Hall–Kier alpha value is -3.70. The maximum atomic E-state index is 13.5. The summed E-state index contributed by atoms with van der Waals surface area (Å²) in [5, 5.41) is 7.60. The fraction of sp³-hybridized carbons (Fsp3) is 0.148. The largest absolute Gasteiger partial charge is 0.497 e. The lowest BCUT2D eigenvalue weighted by molar-refractivity contribution is 0.0711. The third kappa shape index (κ3) is 4.08. The number of hydrogen-bond donors (Lipinski definition) is 0. The van der Waals surface area contributed by atoms with E-state index in [0.717, 1.165) is 33.3 Å². The molecule has 3 aromatic carbocycles. The monoisotopic (exact) mass is 455 g/mol. The van der Waals surface area contributed by atoms with Gasteiger partial charge in [0, 0.05) is 29.0 Å². The number of carbonyl (C=O) groups is 1. The molecule has 1 aliphatic heterocycles. The van der Waals surface area contributed by atoms with Gasteiger partial charge in [-0.1, -0.05) is 59.6 Å². The Labute approximate surface area is 197 Å². The smallest absolute Gasteiger partial charge is 0.274 e. The number of carbonyl (C=O) groups excluding carboxylic acids is 1. The first-order valence-electron chi connectivity index (χ1n) is 10.7. The molecule has 1 atom stereocenters. The Morgan fingerprint density at radius 3 is 2.61 bits per heavy atom. The number of benzene rings is 3. The van der Waals surface area contributed by atoms with E-state index in [1.54, 1.807) is 24.3 Å². The second kappa shape index (κ2) is 8.68. The number of fused-ring (bicyclic) bond motifs is 1. The van der Waals surface area contributed by atoms with Crippen molar-refractivity contribution < 1.29 is 9.53 Å². The Kier molecular flexibility index (Phi) is 5.56. The second-order valence-electron chi connectivity index (χ2n) is 8.08. The number of amides is 1. The zero-order chi connectivity index (χ0) is 22.9. The number of halogens is 1. The molecule has 0 aliphatic carbocycles. The summed E-state index contributed by atoms with van der Waals surface area (Å²) in [6, 6.07) is 24.6. The minimum atomic E-state index is -0.361. The van der Waals surface area contributed by atoms with Gasteiger partial charge in [0.05, 0.1) is 24.4 Å². The summed E-state index contributed by atoms with van der Waals surface area (Å²) in [7, 11) is 1.62. The van der Waals surface area contributed by atoms with Gasteiger partial charge in [-0.2, -0.15) is 5.10 Å². The van der Waals surface area contributed by atoms with Crippen LogP contribution in [0.15, 0.2) is 84.0 Å². The van der Waals surface area contributed by atoms with Crippen molar-refractivity contribution in [2.75, 3.05) is 7.11 Å². The Morgan fingerprint density at radius 1 is 1.03 bits per heavy atom. The number of aromatic nitrogens is 1. The van der Waals surface area contributed by atoms with Gasteiger partial charge in [-0.15, -0.1) is 0 Å². The van der Waals surface area contributed by atoms with E-state index in [-0.39, 0.29) is 11.9 Å². The number of ether oxygens (including phenoxy) is 1. The molecule has 1 aromatic heterocycles. The molecule has 1 aliphatic rings. The van der Waals surface area contributed by atoms with E-state index < -0.39 is 0 Å². The lowest BCUT2D eigenvalue weighted by atomic mass is 9.97. The minimum absolute atomic E-state index is 0.172. The van der Waals surface area contributed by atoms with Crippen LogP contribution in [0.25, 0.3) is 10.9 Å². The molecule has 2 heterocycles. The van der Waals surface area contributed by atoms with Crippen molar-refractivity contribution >= 4 is 34.1 Å². The van der Waals surface area contributed by atoms with Gasteiger partial charge in [-0.3, -0.25) is 4.79 Å². The minimum Gasteiger partial charge on any atom is -0.497 e. The van der Waals surface area contributed by atoms with Crippen LogP contribution < -0.4 is 4.74 Å². The lowest BCUT2D eigenvalue weighted by Gasteiger charge is -2.23. The topological polar surface area (TPSA) is 54.8 Å². The average molecular weight is 456 g/mol. The maximum Gasteiger partial charge on any atom is 0.274 e. The highest BCUT2D eigenvalue weighted by Gasteiger charge is 2.35. The van der Waals surface area contributed by atoms with Crippen molar-refractivity contribution in [1.82, 2.24) is 9.99 Å². The summed E-state index contributed by atoms with van der Waals surface area (Å²) in [5.41, 5.74) is 5.06. The van der Waals surface area contributed by atoms with Gasteiger partial charge in [0.25, 0.3) is 5.91 Å². The third-order valence-corrected chi connectivity index (χ3v) is 6.16. The van der Waals surface area contributed by atoms with Gasteiger partial charge in [0.15, 0.2) is 0 Å². The molecule has 0 saturated carbocycles. The quantitative estimate of drug-likeness (QED) is 0.344. The van der Waals surface area contributed by atoms with Crippen LogP contribution in [0.1, 0.15) is 39.5 Å². The SMILES string of the molecule is COc1ccc2cc(C3CC(c4cccc(C)c4)=NN3C(=O)c3ccccc3)c(Cl)nc2c1. The predicted octanol–water partition coefficient (Wildman–Crippen LogP) is 6.20. The molecular weight excluding hydrogens is 434 g/mol. The van der Waals surface area contributed by atoms with E-state index in [9.17, 15) is 4.79 Å². The molecule has 0 fully saturated rings. The third-order valence-electron chi connectivity index (χ3n) is 5.85. The molecule has 4 aromatic rings. The van der Waals surface area contributed by atoms with Crippen LogP contribution >= 0.6 is 11.6 Å². The molecule has 1 unspecified atom stereocenters. The van der Waals surface area contributed by atoms with Crippen LogP contribution in [-0.2, 0) is 0 Å². The normalized spacial score (nSPS) is 15.5. The zero-order valence-corrected chi connectivity index (χ0v) is 19.1. The molecule has 1 amide bonds. The summed E-state index contributed by atoms with van der Waals surface area (Å²) in [6.07, 6.45) is 0.547. The fourth-order valence-electron chi connectivity index (χ4n) is 4.15. The molecule has 0 radical (unpaired) electrons. The van der Waals surface area contributed by atoms with Gasteiger partial charge in [-0.05, 0) is 42.8 Å². The number of methoxy groups -OCH3 is 1. The maximum absolute atomic E-state index is 13.5. The Bertz CT molecular complexity index is 1390. The molecule has 0 spiro atoms. The van der Waals surface area contributed by atoms with E-state index in [0.29, 0.717) is 22.9 Å². The first kappa shape index (κ1) is 21.2. The zero-order valence-electron chi connectivity index (χ0n) is 18.3. The summed E-state index contributed by atoms with van der Waals surface area (Å²) in [5.74, 6) is 0.541. The molecular formula is C27H22ClN3O2. The second-order valence-corrected chi connectivity index (χ2v) is 8.44. The van der Waals surface area contributed by atoms with Crippen molar-refractivity contribution in [1.29, 1.82) is 0 Å². The van der Waals surface area contributed by atoms with Gasteiger partial charge >= 0.3 is 0 Å². The summed E-state index contributed by atoms with van der Waals surface area (Å²) in [6.45, 7) is 2.04. The highest BCUT2D eigenvalue weighted by atomic mass is 35.5. The number of rotatable bonds is 4. The standard InChI is InChI=1S/C27H22ClN3O2/c1-17-7-6-10-19(13-17)24-16-25(31(30-24)27(32)18-8-4-3-5-9-18)22-14-20-11-12-21(33-2)15-23(20)29-26(22)28/h3-15,25H,16H2,1-2H3. The van der Waals surface area contributed by atoms with Crippen LogP contribution in [0, 0.1) is 6.92 Å². The number of hydrogen-bond acceptors (Lipinski definition) is 4. The van der Waals surface area contributed by atoms with E-state index >= 15 is 0 Å². The highest BCUT2D eigenvalue weighted by molar-refractivity contribution is 6.30. The summed E-state index contributed by atoms with van der Waals surface area (Å²) >= 11 is 6.67. The van der Waals surface area contributed by atoms with Gasteiger partial charge < -0.3 is 4.74 Å². The van der Waals surface area contributed by atoms with Crippen molar-refractivity contribution in [3.8, 4) is 5.75 Å². The summed E-state index contributed by atoms with van der Waals surface area (Å²) in [4.78, 5) is 18.1. The highest BCUT2D eigenvalue weighted by Crippen LogP contribution is 2.38. The van der Waals surface area contributed by atoms with E-state index in [2.05, 4.69) is 11.1 Å². The molecule has 33 heavy (non-hydrogen) atoms. The van der Waals surface area contributed by atoms with Gasteiger partial charge in [-0.25, -0.2) is 9.99 Å². The Balaban J connectivity index is 1.60. The lowest BCUT2D eigenvalue weighted by Crippen LogP contribution is -2.27. The number of pyridine rings is 1. The molecule has 0 N–H and O–H groups in total. The van der Waals surface area contributed by atoms with Gasteiger partial charge in [0.2, 0.25) is 0 Å². The van der Waals surface area contributed by atoms with E-state index in [4.69, 9.17) is 21.4 Å². The van der Waals surface area contributed by atoms with Crippen LogP contribution in [0.5, 0.6) is 5.75 Å². The molecule has 0 bridgehead atoms. The van der Waals surface area contributed by atoms with Crippen molar-refractivity contribution in [3.63, 3.8) is 0 Å². The van der Waals surface area contributed by atoms with Crippen LogP contribution in [-0.4, -0.2) is 28.7 Å². The van der Waals surface area contributed by atoms with E-state index in [1.807, 2.05) is 67.6 Å². The molecule has 0 saturated heterocycles. The molecule has 5 nitrogen and oxygen atoms in total. The fourth-order valence-corrected chi connectivity index (χ4v) is 4.42. The van der Waals surface area contributed by atoms with Crippen molar-refractivity contribution in [2.45, 2.75) is 19.4 Å². The molecule has 6 heteroatoms. The van der Waals surface area contributed by atoms with Crippen LogP contribution in [0.3, 0.4) is 0 Å². The Morgan fingerprint density at radius 2 is 1.85 bits per heavy atom.